The predicted molar refractivity (Wildman–Crippen MR) is 115 cm³/mol. The highest BCUT2D eigenvalue weighted by atomic mass is 16.3. The number of nitrogens with zero attached hydrogens (tertiary/aromatic N) is 3. The van der Waals surface area contributed by atoms with Gasteiger partial charge in [0.25, 0.3) is 0 Å². The number of carbonyl (C=O) groups is 2. The van der Waals surface area contributed by atoms with E-state index in [4.69, 9.17) is 0 Å². The van der Waals surface area contributed by atoms with E-state index in [1.54, 1.807) is 12.4 Å². The number of ketones is 2. The number of aliphatic hydroxyl groups excluding tert-OH is 1. The number of unbranched alkanes of at least 4 members (excludes halogenated alkanes) is 4. The number of para-hydroxylation sites is 1. The molecule has 0 saturated carbocycles. The highest BCUT2D eigenvalue weighted by Crippen LogP contribution is 2.21. The van der Waals surface area contributed by atoms with Crippen LogP contribution in [0.4, 0.5) is 11.6 Å². The summed E-state index contributed by atoms with van der Waals surface area (Å²) in [6, 6.07) is 9.61. The van der Waals surface area contributed by atoms with Gasteiger partial charge in [-0.05, 0) is 25.0 Å². The first-order valence-corrected chi connectivity index (χ1v) is 10.5. The van der Waals surface area contributed by atoms with Gasteiger partial charge in [-0.25, -0.2) is 9.97 Å². The molecule has 2 aromatic rings. The van der Waals surface area contributed by atoms with Gasteiger partial charge in [0.15, 0.2) is 5.78 Å². The van der Waals surface area contributed by atoms with Gasteiger partial charge in [-0.2, -0.15) is 0 Å². The Morgan fingerprint density at radius 1 is 0.931 bits per heavy atom. The molecule has 1 N–H and O–H groups in total. The minimum atomic E-state index is -0.0223. The van der Waals surface area contributed by atoms with Crippen molar-refractivity contribution in [2.75, 3.05) is 18.1 Å². The summed E-state index contributed by atoms with van der Waals surface area (Å²) in [5, 5.41) is 9.35. The van der Waals surface area contributed by atoms with Crippen molar-refractivity contribution in [2.24, 2.45) is 0 Å². The molecule has 0 aliphatic heterocycles. The van der Waals surface area contributed by atoms with Crippen LogP contribution in [-0.2, 0) is 4.79 Å². The van der Waals surface area contributed by atoms with Gasteiger partial charge in [-0.15, -0.1) is 0 Å². The van der Waals surface area contributed by atoms with Gasteiger partial charge >= 0.3 is 0 Å². The molecule has 1 aromatic carbocycles. The molecule has 0 aliphatic rings. The second kappa shape index (κ2) is 12.8. The zero-order valence-electron chi connectivity index (χ0n) is 17.2. The Hall–Kier alpha value is -2.60. The first kappa shape index (κ1) is 22.7. The van der Waals surface area contributed by atoms with Gasteiger partial charge in [0.05, 0.1) is 12.2 Å². The van der Waals surface area contributed by atoms with E-state index in [2.05, 4.69) is 9.97 Å². The molecule has 0 atom stereocenters. The number of benzene rings is 1. The van der Waals surface area contributed by atoms with Crippen LogP contribution in [0, 0.1) is 0 Å². The van der Waals surface area contributed by atoms with Crippen molar-refractivity contribution < 1.29 is 14.7 Å². The summed E-state index contributed by atoms with van der Waals surface area (Å²) >= 11 is 0. The maximum atomic E-state index is 12.4. The number of rotatable bonds is 14. The summed E-state index contributed by atoms with van der Waals surface area (Å²) in [4.78, 5) is 34.1. The van der Waals surface area contributed by atoms with E-state index in [0.29, 0.717) is 43.1 Å². The summed E-state index contributed by atoms with van der Waals surface area (Å²) in [6.45, 7) is 2.25. The predicted octanol–water partition coefficient (Wildman–Crippen LogP) is 4.50. The molecular weight excluding hydrogens is 366 g/mol. The topological polar surface area (TPSA) is 83.4 Å². The van der Waals surface area contributed by atoms with E-state index in [-0.39, 0.29) is 12.4 Å². The van der Waals surface area contributed by atoms with Gasteiger partial charge in [-0.3, -0.25) is 9.59 Å². The second-order valence-corrected chi connectivity index (χ2v) is 7.07. The van der Waals surface area contributed by atoms with Gasteiger partial charge in [0.2, 0.25) is 5.95 Å². The average molecular weight is 398 g/mol. The van der Waals surface area contributed by atoms with Crippen LogP contribution >= 0.6 is 0 Å². The van der Waals surface area contributed by atoms with Crippen molar-refractivity contribution in [3.8, 4) is 0 Å². The maximum Gasteiger partial charge on any atom is 0.229 e. The van der Waals surface area contributed by atoms with Crippen molar-refractivity contribution >= 4 is 23.2 Å². The average Bonchev–Trinajstić information content (AvgIpc) is 2.77. The smallest absolute Gasteiger partial charge is 0.229 e. The van der Waals surface area contributed by atoms with Crippen LogP contribution in [0.1, 0.15) is 68.6 Å². The fourth-order valence-electron chi connectivity index (χ4n) is 3.12. The molecular formula is C23H31N3O3. The van der Waals surface area contributed by atoms with Crippen LogP contribution in [0.3, 0.4) is 0 Å². The summed E-state index contributed by atoms with van der Waals surface area (Å²) in [7, 11) is 0. The van der Waals surface area contributed by atoms with Crippen LogP contribution in [0.25, 0.3) is 0 Å². The molecule has 156 valence electrons. The lowest BCUT2D eigenvalue weighted by Gasteiger charge is -2.21. The first-order chi connectivity index (χ1) is 14.2. The van der Waals surface area contributed by atoms with E-state index in [1.807, 2.05) is 42.2 Å². The number of hydrogen-bond donors (Lipinski definition) is 1. The fourth-order valence-corrected chi connectivity index (χ4v) is 3.12. The lowest BCUT2D eigenvalue weighted by Crippen LogP contribution is -2.23. The quantitative estimate of drug-likeness (QED) is 0.373. The van der Waals surface area contributed by atoms with Gasteiger partial charge in [0, 0.05) is 43.9 Å². The van der Waals surface area contributed by atoms with E-state index in [1.165, 1.54) is 0 Å². The number of aliphatic hydroxyl groups is 1. The van der Waals surface area contributed by atoms with Crippen molar-refractivity contribution in [2.45, 2.75) is 58.3 Å². The van der Waals surface area contributed by atoms with E-state index >= 15 is 0 Å². The Bertz CT molecular complexity index is 748. The summed E-state index contributed by atoms with van der Waals surface area (Å²) in [6.07, 6.45) is 9.77. The molecule has 1 aromatic heterocycles. The zero-order chi connectivity index (χ0) is 20.9. The van der Waals surface area contributed by atoms with Crippen LogP contribution in [-0.4, -0.2) is 39.8 Å². The van der Waals surface area contributed by atoms with E-state index in [0.717, 1.165) is 37.8 Å². The van der Waals surface area contributed by atoms with Crippen LogP contribution in [0.5, 0.6) is 0 Å². The van der Waals surface area contributed by atoms with E-state index < -0.39 is 0 Å². The summed E-state index contributed by atoms with van der Waals surface area (Å²) in [5.74, 6) is 0.836. The Kier molecular flexibility index (Phi) is 10.00. The third kappa shape index (κ3) is 7.74. The molecule has 1 heterocycles. The highest BCUT2D eigenvalue weighted by molar-refractivity contribution is 5.95. The minimum Gasteiger partial charge on any atom is -0.395 e. The lowest BCUT2D eigenvalue weighted by atomic mass is 10.0. The van der Waals surface area contributed by atoms with Gasteiger partial charge < -0.3 is 10.0 Å². The third-order valence-electron chi connectivity index (χ3n) is 4.85. The molecule has 0 fully saturated rings. The molecule has 0 radical (unpaired) electrons. The minimum absolute atomic E-state index is 0.0223. The van der Waals surface area contributed by atoms with Crippen LogP contribution in [0.2, 0.25) is 0 Å². The standard InChI is InChI=1S/C23H31N3O3/c1-2-21(28)13-9-4-3-5-10-14-22(29)19-17-24-23(25-18-19)26(15-16-27)20-11-7-6-8-12-20/h6-8,11-12,17-18,27H,2-5,9-10,13-16H2,1H3. The number of hydrogen-bond acceptors (Lipinski definition) is 6. The largest absolute Gasteiger partial charge is 0.395 e. The fraction of sp³-hybridized carbons (Fsp3) is 0.478. The van der Waals surface area contributed by atoms with Gasteiger partial charge in [-0.1, -0.05) is 44.4 Å². The molecule has 6 nitrogen and oxygen atoms in total. The molecule has 0 amide bonds. The van der Waals surface area contributed by atoms with Crippen molar-refractivity contribution in [1.29, 1.82) is 0 Å². The molecule has 0 bridgehead atoms. The van der Waals surface area contributed by atoms with Crippen LogP contribution in [0.15, 0.2) is 42.7 Å². The zero-order valence-corrected chi connectivity index (χ0v) is 17.2. The van der Waals surface area contributed by atoms with E-state index in [9.17, 15) is 14.7 Å². The third-order valence-corrected chi connectivity index (χ3v) is 4.85. The second-order valence-electron chi connectivity index (χ2n) is 7.07. The van der Waals surface area contributed by atoms with Crippen LogP contribution < -0.4 is 4.90 Å². The van der Waals surface area contributed by atoms with Crippen molar-refractivity contribution in [3.63, 3.8) is 0 Å². The summed E-state index contributed by atoms with van der Waals surface area (Å²) < 4.78 is 0. The monoisotopic (exact) mass is 397 g/mol. The normalized spacial score (nSPS) is 10.7. The number of aromatic nitrogens is 2. The Morgan fingerprint density at radius 2 is 1.55 bits per heavy atom. The van der Waals surface area contributed by atoms with Crippen molar-refractivity contribution in [3.05, 3.63) is 48.3 Å². The Labute approximate surface area is 173 Å². The SMILES string of the molecule is CCC(=O)CCCCCCCC(=O)c1cnc(N(CCO)c2ccccc2)nc1. The number of Topliss-reactive ketones (excluding diaryl/α,β-unsaturated/α-hetero) is 2. The van der Waals surface area contributed by atoms with Gasteiger partial charge in [0.1, 0.15) is 5.78 Å². The molecule has 0 saturated heterocycles. The first-order valence-electron chi connectivity index (χ1n) is 10.5. The molecule has 0 aliphatic carbocycles. The maximum absolute atomic E-state index is 12.4. The molecule has 0 spiro atoms. The highest BCUT2D eigenvalue weighted by Gasteiger charge is 2.13. The molecule has 29 heavy (non-hydrogen) atoms. The number of anilines is 2. The Balaban J connectivity index is 1.80. The lowest BCUT2D eigenvalue weighted by molar-refractivity contribution is -0.118. The molecule has 6 heteroatoms. The molecule has 2 rings (SSSR count). The molecule has 0 unspecified atom stereocenters. The summed E-state index contributed by atoms with van der Waals surface area (Å²) in [5.41, 5.74) is 1.40. The Morgan fingerprint density at radius 3 is 2.17 bits per heavy atom. The van der Waals surface area contributed by atoms with Crippen molar-refractivity contribution in [1.82, 2.24) is 9.97 Å². The number of carbonyl (C=O) groups excluding carboxylic acids is 2.